The monoisotopic (exact) mass is 290 g/mol. The van der Waals surface area contributed by atoms with Crippen LogP contribution >= 0.6 is 11.3 Å². The number of aromatic nitrogens is 2. The summed E-state index contributed by atoms with van der Waals surface area (Å²) >= 11 is 1.61. The second-order valence-corrected chi connectivity index (χ2v) is 5.65. The SMILES string of the molecule is Cc1c(NC(=O)C2CCC(=O)N2)n[nH]c1-c1cccs1. The molecule has 1 saturated heterocycles. The summed E-state index contributed by atoms with van der Waals surface area (Å²) < 4.78 is 0. The van der Waals surface area contributed by atoms with Crippen LogP contribution in [0.25, 0.3) is 10.6 Å². The van der Waals surface area contributed by atoms with Crippen molar-refractivity contribution in [2.75, 3.05) is 5.32 Å². The zero-order valence-electron chi connectivity index (χ0n) is 10.9. The molecule has 1 aliphatic heterocycles. The minimum atomic E-state index is -0.455. The number of thiophene rings is 1. The average Bonchev–Trinajstić information content (AvgIpc) is 3.12. The second-order valence-electron chi connectivity index (χ2n) is 4.70. The second kappa shape index (κ2) is 5.09. The van der Waals surface area contributed by atoms with Gasteiger partial charge in [0.25, 0.3) is 0 Å². The van der Waals surface area contributed by atoms with E-state index in [-0.39, 0.29) is 11.8 Å². The third kappa shape index (κ3) is 2.32. The lowest BCUT2D eigenvalue weighted by Crippen LogP contribution is -2.37. The van der Waals surface area contributed by atoms with Crippen LogP contribution in [0.2, 0.25) is 0 Å². The van der Waals surface area contributed by atoms with Crippen LogP contribution in [0, 0.1) is 6.92 Å². The summed E-state index contributed by atoms with van der Waals surface area (Å²) in [4.78, 5) is 24.2. The van der Waals surface area contributed by atoms with E-state index in [9.17, 15) is 9.59 Å². The first kappa shape index (κ1) is 12.9. The fourth-order valence-electron chi connectivity index (χ4n) is 2.19. The largest absolute Gasteiger partial charge is 0.344 e. The van der Waals surface area contributed by atoms with E-state index in [1.165, 1.54) is 0 Å². The molecule has 1 atom stereocenters. The van der Waals surface area contributed by atoms with Crippen LogP contribution in [0.1, 0.15) is 18.4 Å². The number of amides is 2. The summed E-state index contributed by atoms with van der Waals surface area (Å²) in [7, 11) is 0. The van der Waals surface area contributed by atoms with Crippen LogP contribution in [-0.2, 0) is 9.59 Å². The molecule has 3 rings (SSSR count). The number of carbonyl (C=O) groups is 2. The van der Waals surface area contributed by atoms with E-state index in [0.29, 0.717) is 18.7 Å². The summed E-state index contributed by atoms with van der Waals surface area (Å²) in [5.41, 5.74) is 1.80. The van der Waals surface area contributed by atoms with Crippen LogP contribution < -0.4 is 10.6 Å². The van der Waals surface area contributed by atoms with Gasteiger partial charge in [0.1, 0.15) is 6.04 Å². The Labute approximate surface area is 119 Å². The van der Waals surface area contributed by atoms with Gasteiger partial charge >= 0.3 is 0 Å². The minimum Gasteiger partial charge on any atom is -0.344 e. The van der Waals surface area contributed by atoms with Gasteiger partial charge in [-0.1, -0.05) is 6.07 Å². The molecular weight excluding hydrogens is 276 g/mol. The Balaban J connectivity index is 1.75. The summed E-state index contributed by atoms with van der Waals surface area (Å²) in [6.07, 6.45) is 0.935. The smallest absolute Gasteiger partial charge is 0.248 e. The molecule has 0 spiro atoms. The minimum absolute atomic E-state index is 0.0804. The molecule has 1 aliphatic rings. The van der Waals surface area contributed by atoms with Crippen molar-refractivity contribution in [2.45, 2.75) is 25.8 Å². The van der Waals surface area contributed by atoms with Gasteiger partial charge in [-0.15, -0.1) is 11.3 Å². The van der Waals surface area contributed by atoms with Gasteiger partial charge in [0.05, 0.1) is 10.6 Å². The summed E-state index contributed by atoms with van der Waals surface area (Å²) in [6.45, 7) is 1.90. The maximum atomic E-state index is 12.0. The van der Waals surface area contributed by atoms with Gasteiger partial charge in [0.15, 0.2) is 5.82 Å². The predicted molar refractivity (Wildman–Crippen MR) is 76.4 cm³/mol. The Morgan fingerprint density at radius 3 is 3.05 bits per heavy atom. The maximum absolute atomic E-state index is 12.0. The van der Waals surface area contributed by atoms with Gasteiger partial charge in [-0.05, 0) is 24.8 Å². The fraction of sp³-hybridized carbons (Fsp3) is 0.308. The van der Waals surface area contributed by atoms with E-state index in [4.69, 9.17) is 0 Å². The van der Waals surface area contributed by atoms with E-state index < -0.39 is 6.04 Å². The fourth-order valence-corrected chi connectivity index (χ4v) is 2.97. The van der Waals surface area contributed by atoms with Crippen LogP contribution in [0.5, 0.6) is 0 Å². The number of rotatable bonds is 3. The number of anilines is 1. The molecule has 1 unspecified atom stereocenters. The molecule has 2 aromatic rings. The highest BCUT2D eigenvalue weighted by Gasteiger charge is 2.28. The summed E-state index contributed by atoms with van der Waals surface area (Å²) in [6, 6.07) is 3.50. The first-order valence-electron chi connectivity index (χ1n) is 6.34. The van der Waals surface area contributed by atoms with Crippen LogP contribution in [0.4, 0.5) is 5.82 Å². The third-order valence-corrected chi connectivity index (χ3v) is 4.22. The Morgan fingerprint density at radius 1 is 1.55 bits per heavy atom. The summed E-state index contributed by atoms with van der Waals surface area (Å²) in [5.74, 6) is 0.214. The van der Waals surface area contributed by atoms with Crippen molar-refractivity contribution in [3.05, 3.63) is 23.1 Å². The topological polar surface area (TPSA) is 86.9 Å². The van der Waals surface area contributed by atoms with Crippen molar-refractivity contribution in [3.63, 3.8) is 0 Å². The molecule has 3 heterocycles. The molecule has 104 valence electrons. The Bertz CT molecular complexity index is 647. The van der Waals surface area contributed by atoms with E-state index in [2.05, 4.69) is 20.8 Å². The number of hydrogen-bond acceptors (Lipinski definition) is 4. The normalized spacial score (nSPS) is 18.1. The van der Waals surface area contributed by atoms with Crippen molar-refractivity contribution in [1.82, 2.24) is 15.5 Å². The van der Waals surface area contributed by atoms with Gasteiger partial charge in [0, 0.05) is 12.0 Å². The lowest BCUT2D eigenvalue weighted by molar-refractivity contribution is -0.122. The first-order valence-corrected chi connectivity index (χ1v) is 7.22. The van der Waals surface area contributed by atoms with Gasteiger partial charge in [-0.25, -0.2) is 0 Å². The predicted octanol–water partition coefficient (Wildman–Crippen LogP) is 1.66. The van der Waals surface area contributed by atoms with Crippen molar-refractivity contribution in [1.29, 1.82) is 0 Å². The zero-order chi connectivity index (χ0) is 14.1. The number of aromatic amines is 1. The standard InChI is InChI=1S/C13H14N4O2S/c1-7-11(9-3-2-6-20-9)16-17-12(7)15-13(19)8-4-5-10(18)14-8/h2-3,6,8H,4-5H2,1H3,(H,14,18)(H2,15,16,17,19). The number of H-pyrrole nitrogens is 1. The molecule has 0 aromatic carbocycles. The highest BCUT2D eigenvalue weighted by Crippen LogP contribution is 2.29. The highest BCUT2D eigenvalue weighted by molar-refractivity contribution is 7.13. The van der Waals surface area contributed by atoms with E-state index >= 15 is 0 Å². The molecule has 20 heavy (non-hydrogen) atoms. The molecule has 2 amide bonds. The molecule has 0 aliphatic carbocycles. The maximum Gasteiger partial charge on any atom is 0.248 e. The van der Waals surface area contributed by atoms with Crippen molar-refractivity contribution in [2.24, 2.45) is 0 Å². The Hall–Kier alpha value is -2.15. The van der Waals surface area contributed by atoms with Crippen LogP contribution in [0.15, 0.2) is 17.5 Å². The van der Waals surface area contributed by atoms with Crippen LogP contribution in [-0.4, -0.2) is 28.1 Å². The third-order valence-electron chi connectivity index (χ3n) is 3.33. The molecular formula is C13H14N4O2S. The van der Waals surface area contributed by atoms with E-state index in [1.54, 1.807) is 11.3 Å². The molecule has 0 radical (unpaired) electrons. The first-order chi connectivity index (χ1) is 9.65. The average molecular weight is 290 g/mol. The molecule has 0 bridgehead atoms. The van der Waals surface area contributed by atoms with Crippen molar-refractivity contribution in [3.8, 4) is 10.6 Å². The van der Waals surface area contributed by atoms with E-state index in [0.717, 1.165) is 16.1 Å². The Morgan fingerprint density at radius 2 is 2.40 bits per heavy atom. The molecule has 3 N–H and O–H groups in total. The van der Waals surface area contributed by atoms with Gasteiger partial charge < -0.3 is 10.6 Å². The zero-order valence-corrected chi connectivity index (χ0v) is 11.7. The highest BCUT2D eigenvalue weighted by atomic mass is 32.1. The van der Waals surface area contributed by atoms with E-state index in [1.807, 2.05) is 24.4 Å². The quantitative estimate of drug-likeness (QED) is 0.803. The number of carbonyl (C=O) groups excluding carboxylic acids is 2. The Kier molecular flexibility index (Phi) is 3.27. The van der Waals surface area contributed by atoms with Crippen molar-refractivity contribution >= 4 is 29.0 Å². The molecule has 7 heteroatoms. The van der Waals surface area contributed by atoms with Crippen LogP contribution in [0.3, 0.4) is 0 Å². The van der Waals surface area contributed by atoms with Gasteiger partial charge in [0.2, 0.25) is 11.8 Å². The molecule has 0 saturated carbocycles. The molecule has 6 nitrogen and oxygen atoms in total. The lowest BCUT2D eigenvalue weighted by Gasteiger charge is -2.09. The van der Waals surface area contributed by atoms with Gasteiger partial charge in [-0.3, -0.25) is 14.7 Å². The lowest BCUT2D eigenvalue weighted by atomic mass is 10.2. The number of hydrogen-bond donors (Lipinski definition) is 3. The summed E-state index contributed by atoms with van der Waals surface area (Å²) in [5, 5.41) is 14.5. The van der Waals surface area contributed by atoms with Crippen molar-refractivity contribution < 1.29 is 9.59 Å². The molecule has 2 aromatic heterocycles. The number of nitrogens with one attached hydrogen (secondary N) is 3. The molecule has 1 fully saturated rings. The number of nitrogens with zero attached hydrogens (tertiary/aromatic N) is 1. The van der Waals surface area contributed by atoms with Gasteiger partial charge in [-0.2, -0.15) is 5.10 Å².